The summed E-state index contributed by atoms with van der Waals surface area (Å²) in [4.78, 5) is 25.8. The number of rotatable bonds is 8. The lowest BCUT2D eigenvalue weighted by molar-refractivity contribution is 0.0954. The highest BCUT2D eigenvalue weighted by atomic mass is 32.1. The van der Waals surface area contributed by atoms with Gasteiger partial charge in [-0.2, -0.15) is 0 Å². The van der Waals surface area contributed by atoms with Crippen LogP contribution in [0.25, 0.3) is 11.1 Å². The summed E-state index contributed by atoms with van der Waals surface area (Å²) in [5.41, 5.74) is 4.79. The second-order valence-corrected chi connectivity index (χ2v) is 8.77. The Labute approximate surface area is 202 Å². The Bertz CT molecular complexity index is 1340. The molecule has 1 amide bonds. The lowest BCUT2D eigenvalue weighted by Gasteiger charge is -2.10. The maximum atomic E-state index is 12.8. The first-order valence-electron chi connectivity index (χ1n) is 10.8. The van der Waals surface area contributed by atoms with Gasteiger partial charge in [0, 0.05) is 12.2 Å². The Hall–Kier alpha value is -3.84. The fraction of sp³-hybridized carbons (Fsp3) is 0.185. The molecule has 4 rings (SSSR count). The van der Waals surface area contributed by atoms with E-state index in [9.17, 15) is 9.59 Å². The maximum Gasteiger partial charge on any atom is 0.308 e. The van der Waals surface area contributed by atoms with Crippen LogP contribution in [0.5, 0.6) is 11.5 Å². The van der Waals surface area contributed by atoms with Crippen LogP contribution < -0.4 is 19.7 Å². The fourth-order valence-corrected chi connectivity index (χ4v) is 4.65. The molecule has 1 N–H and O–H groups in total. The van der Waals surface area contributed by atoms with Crippen LogP contribution >= 0.6 is 11.3 Å². The number of carbonyl (C=O) groups excluding carboxylic acids is 1. The molecule has 4 aromatic rings. The van der Waals surface area contributed by atoms with Crippen molar-refractivity contribution in [1.29, 1.82) is 0 Å². The van der Waals surface area contributed by atoms with E-state index in [1.165, 1.54) is 0 Å². The number of amides is 1. The van der Waals surface area contributed by atoms with Gasteiger partial charge in [-0.05, 0) is 41.3 Å². The zero-order chi connectivity index (χ0) is 24.1. The largest absolute Gasteiger partial charge is 0.493 e. The molecule has 1 heterocycles. The summed E-state index contributed by atoms with van der Waals surface area (Å²) in [7, 11) is 3.14. The molecule has 34 heavy (non-hydrogen) atoms. The average molecular weight is 475 g/mol. The molecule has 0 bridgehead atoms. The molecule has 0 aliphatic carbocycles. The van der Waals surface area contributed by atoms with E-state index in [2.05, 4.69) is 17.4 Å². The minimum atomic E-state index is -0.271. The Balaban J connectivity index is 1.46. The van der Waals surface area contributed by atoms with Crippen molar-refractivity contribution in [3.8, 4) is 22.6 Å². The Kier molecular flexibility index (Phi) is 7.13. The summed E-state index contributed by atoms with van der Waals surface area (Å²) in [5.74, 6) is 0.951. The molecule has 0 atom stereocenters. The van der Waals surface area contributed by atoms with Crippen LogP contribution in [-0.4, -0.2) is 24.7 Å². The van der Waals surface area contributed by atoms with Crippen molar-refractivity contribution in [1.82, 2.24) is 9.88 Å². The molecule has 0 radical (unpaired) electrons. The summed E-state index contributed by atoms with van der Waals surface area (Å²) >= 11 is 0.968. The minimum absolute atomic E-state index is 0.152. The number of nitrogens with zero attached hydrogens (tertiary/aromatic N) is 1. The number of methoxy groups -OCH3 is 2. The van der Waals surface area contributed by atoms with Crippen LogP contribution in [-0.2, 0) is 13.1 Å². The third-order valence-electron chi connectivity index (χ3n) is 5.65. The van der Waals surface area contributed by atoms with Gasteiger partial charge >= 0.3 is 4.87 Å². The van der Waals surface area contributed by atoms with Crippen LogP contribution in [0, 0.1) is 6.92 Å². The fourth-order valence-electron chi connectivity index (χ4n) is 3.74. The quantitative estimate of drug-likeness (QED) is 0.395. The molecular weight excluding hydrogens is 448 g/mol. The van der Waals surface area contributed by atoms with Gasteiger partial charge in [0.2, 0.25) is 0 Å². The third-order valence-corrected chi connectivity index (χ3v) is 6.73. The van der Waals surface area contributed by atoms with Gasteiger partial charge in [0.1, 0.15) is 4.88 Å². The van der Waals surface area contributed by atoms with E-state index in [0.717, 1.165) is 33.6 Å². The van der Waals surface area contributed by atoms with E-state index in [4.69, 9.17) is 9.47 Å². The summed E-state index contributed by atoms with van der Waals surface area (Å²) in [6.45, 7) is 2.53. The summed E-state index contributed by atoms with van der Waals surface area (Å²) in [5, 5.41) is 2.90. The SMILES string of the molecule is COc1ccc(CNC(=O)c2sc(=O)n(Cc3ccc(-c4ccccc4)cc3)c2C)cc1OC. The van der Waals surface area contributed by atoms with Gasteiger partial charge in [-0.25, -0.2) is 0 Å². The molecule has 7 heteroatoms. The number of thiazole rings is 1. The molecule has 0 aliphatic rings. The van der Waals surface area contributed by atoms with E-state index in [1.54, 1.807) is 24.9 Å². The number of benzene rings is 3. The zero-order valence-electron chi connectivity index (χ0n) is 19.3. The van der Waals surface area contributed by atoms with Crippen molar-refractivity contribution in [2.24, 2.45) is 0 Å². The Morgan fingerprint density at radius 1 is 0.882 bits per heavy atom. The van der Waals surface area contributed by atoms with Gasteiger partial charge in [-0.3, -0.25) is 14.2 Å². The molecule has 6 nitrogen and oxygen atoms in total. The molecule has 3 aromatic carbocycles. The molecule has 1 aromatic heterocycles. The molecule has 0 saturated carbocycles. The van der Waals surface area contributed by atoms with Gasteiger partial charge in [0.25, 0.3) is 5.91 Å². The van der Waals surface area contributed by atoms with Gasteiger partial charge in [0.05, 0.1) is 20.8 Å². The smallest absolute Gasteiger partial charge is 0.308 e. The minimum Gasteiger partial charge on any atom is -0.493 e. The van der Waals surface area contributed by atoms with E-state index in [1.807, 2.05) is 61.5 Å². The third kappa shape index (κ3) is 5.05. The molecule has 0 fully saturated rings. The van der Waals surface area contributed by atoms with Crippen LogP contribution in [0.1, 0.15) is 26.5 Å². The van der Waals surface area contributed by atoms with Crippen molar-refractivity contribution in [3.63, 3.8) is 0 Å². The summed E-state index contributed by atoms with van der Waals surface area (Å²) < 4.78 is 12.2. The first-order chi connectivity index (χ1) is 16.5. The molecule has 174 valence electrons. The van der Waals surface area contributed by atoms with E-state index < -0.39 is 0 Å². The van der Waals surface area contributed by atoms with Crippen LogP contribution in [0.4, 0.5) is 0 Å². The molecule has 0 aliphatic heterocycles. The topological polar surface area (TPSA) is 69.6 Å². The lowest BCUT2D eigenvalue weighted by atomic mass is 10.0. The molecular formula is C27H26N2O4S. The molecule has 0 spiro atoms. The highest BCUT2D eigenvalue weighted by Crippen LogP contribution is 2.27. The number of nitrogens with one attached hydrogen (secondary N) is 1. The van der Waals surface area contributed by atoms with Crippen molar-refractivity contribution < 1.29 is 14.3 Å². The predicted octanol–water partition coefficient (Wildman–Crippen LogP) is 4.88. The summed E-state index contributed by atoms with van der Waals surface area (Å²) in [6, 6.07) is 23.7. The summed E-state index contributed by atoms with van der Waals surface area (Å²) in [6.07, 6.45) is 0. The van der Waals surface area contributed by atoms with Crippen molar-refractivity contribution in [2.75, 3.05) is 14.2 Å². The number of hydrogen-bond donors (Lipinski definition) is 1. The maximum absolute atomic E-state index is 12.8. The van der Waals surface area contributed by atoms with Crippen molar-refractivity contribution in [3.05, 3.63) is 104 Å². The highest BCUT2D eigenvalue weighted by Gasteiger charge is 2.18. The monoisotopic (exact) mass is 474 g/mol. The second-order valence-electron chi connectivity index (χ2n) is 7.80. The standard InChI is InChI=1S/C27H26N2O4S/c1-18-25(26(30)28-16-20-11-14-23(32-2)24(15-20)33-3)34-27(31)29(18)17-19-9-12-22(13-10-19)21-7-5-4-6-8-21/h4-15H,16-17H2,1-3H3,(H,28,30). The van der Waals surface area contributed by atoms with Gasteiger partial charge in [-0.1, -0.05) is 72.0 Å². The van der Waals surface area contributed by atoms with Crippen molar-refractivity contribution >= 4 is 17.2 Å². The highest BCUT2D eigenvalue weighted by molar-refractivity contribution is 7.11. The number of hydrogen-bond acceptors (Lipinski definition) is 5. The number of ether oxygens (including phenoxy) is 2. The van der Waals surface area contributed by atoms with Gasteiger partial charge < -0.3 is 14.8 Å². The number of aromatic nitrogens is 1. The van der Waals surface area contributed by atoms with E-state index >= 15 is 0 Å². The Morgan fingerprint density at radius 3 is 2.21 bits per heavy atom. The first-order valence-corrected chi connectivity index (χ1v) is 11.7. The van der Waals surface area contributed by atoms with Gasteiger partial charge in [0.15, 0.2) is 11.5 Å². The number of carbonyl (C=O) groups is 1. The predicted molar refractivity (Wildman–Crippen MR) is 135 cm³/mol. The van der Waals surface area contributed by atoms with Crippen molar-refractivity contribution in [2.45, 2.75) is 20.0 Å². The molecule has 0 saturated heterocycles. The van der Waals surface area contributed by atoms with Gasteiger partial charge in [-0.15, -0.1) is 0 Å². The van der Waals surface area contributed by atoms with Crippen LogP contribution in [0.15, 0.2) is 77.6 Å². The lowest BCUT2D eigenvalue weighted by Crippen LogP contribution is -2.23. The zero-order valence-corrected chi connectivity index (χ0v) is 20.1. The molecule has 0 unspecified atom stereocenters. The van der Waals surface area contributed by atoms with Crippen LogP contribution in [0.3, 0.4) is 0 Å². The van der Waals surface area contributed by atoms with E-state index in [-0.39, 0.29) is 10.8 Å². The normalized spacial score (nSPS) is 10.7. The second kappa shape index (κ2) is 10.4. The van der Waals surface area contributed by atoms with E-state index in [0.29, 0.717) is 35.2 Å². The van der Waals surface area contributed by atoms with Crippen LogP contribution in [0.2, 0.25) is 0 Å². The Morgan fingerprint density at radius 2 is 1.53 bits per heavy atom. The first kappa shape index (κ1) is 23.3. The average Bonchev–Trinajstić information content (AvgIpc) is 3.16.